The second kappa shape index (κ2) is 6.29. The molecular weight excluding hydrogens is 260 g/mol. The maximum Gasteiger partial charge on any atom is 0.317 e. The average Bonchev–Trinajstić information content (AvgIpc) is 2.89. The van der Waals surface area contributed by atoms with Gasteiger partial charge in [-0.25, -0.2) is 4.79 Å². The maximum atomic E-state index is 12.2. The number of benzene rings is 1. The van der Waals surface area contributed by atoms with Crippen LogP contribution in [0.25, 0.3) is 0 Å². The van der Waals surface area contributed by atoms with Crippen LogP contribution in [0.2, 0.25) is 5.02 Å². The number of hydrogen-bond donors (Lipinski definition) is 1. The lowest BCUT2D eigenvalue weighted by molar-refractivity contribution is 0.190. The maximum absolute atomic E-state index is 12.2. The van der Waals surface area contributed by atoms with Crippen molar-refractivity contribution in [1.82, 2.24) is 10.2 Å². The zero-order chi connectivity index (χ0) is 13.8. The van der Waals surface area contributed by atoms with Crippen molar-refractivity contribution >= 4 is 17.6 Å². The second-order valence-corrected chi connectivity index (χ2v) is 5.71. The monoisotopic (exact) mass is 280 g/mol. The van der Waals surface area contributed by atoms with E-state index in [0.29, 0.717) is 11.1 Å². The Balaban J connectivity index is 1.97. The molecule has 0 aromatic heterocycles. The number of carbonyl (C=O) groups is 1. The van der Waals surface area contributed by atoms with Gasteiger partial charge in [0.25, 0.3) is 0 Å². The van der Waals surface area contributed by atoms with Crippen molar-refractivity contribution in [2.75, 3.05) is 7.05 Å². The summed E-state index contributed by atoms with van der Waals surface area (Å²) in [7, 11) is 1.83. The summed E-state index contributed by atoms with van der Waals surface area (Å²) in [6.45, 7) is 2.01. The zero-order valence-electron chi connectivity index (χ0n) is 11.5. The van der Waals surface area contributed by atoms with Crippen molar-refractivity contribution in [3.8, 4) is 0 Å². The van der Waals surface area contributed by atoms with Crippen molar-refractivity contribution in [3.05, 3.63) is 34.9 Å². The molecule has 1 aromatic carbocycles. The summed E-state index contributed by atoms with van der Waals surface area (Å²) in [4.78, 5) is 13.9. The van der Waals surface area contributed by atoms with Crippen LogP contribution in [0.15, 0.2) is 24.3 Å². The van der Waals surface area contributed by atoms with Crippen LogP contribution in [0.5, 0.6) is 0 Å². The van der Waals surface area contributed by atoms with E-state index in [9.17, 15) is 4.79 Å². The molecule has 1 aromatic rings. The molecule has 4 heteroatoms. The number of rotatable bonds is 3. The van der Waals surface area contributed by atoms with Gasteiger partial charge in [0.1, 0.15) is 0 Å². The molecule has 0 aliphatic heterocycles. The first kappa shape index (κ1) is 14.2. The van der Waals surface area contributed by atoms with Crippen LogP contribution in [0.3, 0.4) is 0 Å². The first-order chi connectivity index (χ1) is 9.08. The van der Waals surface area contributed by atoms with Gasteiger partial charge in [0.05, 0.1) is 6.04 Å². The van der Waals surface area contributed by atoms with Gasteiger partial charge in [-0.1, -0.05) is 36.6 Å². The highest BCUT2D eigenvalue weighted by Gasteiger charge is 2.22. The van der Waals surface area contributed by atoms with Gasteiger partial charge in [-0.2, -0.15) is 0 Å². The number of nitrogens with one attached hydrogen (secondary N) is 1. The van der Waals surface area contributed by atoms with Crippen LogP contribution in [0, 0.1) is 0 Å². The second-order valence-electron chi connectivity index (χ2n) is 5.27. The van der Waals surface area contributed by atoms with Crippen LogP contribution in [-0.2, 0) is 0 Å². The standard InChI is InChI=1S/C15H21ClN2O/c1-11(12-6-5-7-13(16)10-12)18(2)15(19)17-14-8-3-4-9-14/h5-7,10-11,14H,3-4,8-9H2,1-2H3,(H,17,19). The summed E-state index contributed by atoms with van der Waals surface area (Å²) in [5.74, 6) is 0. The molecule has 1 fully saturated rings. The summed E-state index contributed by atoms with van der Waals surface area (Å²) < 4.78 is 0. The fraction of sp³-hybridized carbons (Fsp3) is 0.533. The lowest BCUT2D eigenvalue weighted by atomic mass is 10.1. The molecule has 0 heterocycles. The Kier molecular flexibility index (Phi) is 4.70. The summed E-state index contributed by atoms with van der Waals surface area (Å²) in [6, 6.07) is 8.02. The largest absolute Gasteiger partial charge is 0.335 e. The summed E-state index contributed by atoms with van der Waals surface area (Å²) in [6.07, 6.45) is 4.65. The van der Waals surface area contributed by atoms with E-state index in [2.05, 4.69) is 5.32 Å². The van der Waals surface area contributed by atoms with Gasteiger partial charge in [-0.05, 0) is 37.5 Å². The van der Waals surface area contributed by atoms with E-state index in [0.717, 1.165) is 18.4 Å². The molecule has 1 saturated carbocycles. The number of halogens is 1. The fourth-order valence-corrected chi connectivity index (χ4v) is 2.71. The molecule has 1 atom stereocenters. The third-order valence-electron chi connectivity index (χ3n) is 3.92. The highest BCUT2D eigenvalue weighted by atomic mass is 35.5. The van der Waals surface area contributed by atoms with Crippen molar-refractivity contribution in [2.45, 2.75) is 44.7 Å². The molecule has 1 N–H and O–H groups in total. The Morgan fingerprint density at radius 3 is 2.74 bits per heavy atom. The fourth-order valence-electron chi connectivity index (χ4n) is 2.51. The Hall–Kier alpha value is -1.22. The van der Waals surface area contributed by atoms with E-state index in [4.69, 9.17) is 11.6 Å². The van der Waals surface area contributed by atoms with Gasteiger partial charge in [0.2, 0.25) is 0 Å². The summed E-state index contributed by atoms with van der Waals surface area (Å²) in [5.41, 5.74) is 1.05. The lowest BCUT2D eigenvalue weighted by Crippen LogP contribution is -2.43. The Labute approximate surface area is 119 Å². The molecule has 1 unspecified atom stereocenters. The van der Waals surface area contributed by atoms with Crippen molar-refractivity contribution in [3.63, 3.8) is 0 Å². The number of hydrogen-bond acceptors (Lipinski definition) is 1. The summed E-state index contributed by atoms with van der Waals surface area (Å²) >= 11 is 5.99. The van der Waals surface area contributed by atoms with E-state index >= 15 is 0 Å². The number of nitrogens with zero attached hydrogens (tertiary/aromatic N) is 1. The molecule has 2 rings (SSSR count). The molecule has 3 nitrogen and oxygen atoms in total. The van der Waals surface area contributed by atoms with E-state index in [-0.39, 0.29) is 12.1 Å². The molecule has 0 radical (unpaired) electrons. The van der Waals surface area contributed by atoms with Gasteiger partial charge >= 0.3 is 6.03 Å². The van der Waals surface area contributed by atoms with Gasteiger partial charge in [-0.15, -0.1) is 0 Å². The minimum atomic E-state index is -0.000578. The molecule has 0 saturated heterocycles. The van der Waals surface area contributed by atoms with Crippen LogP contribution < -0.4 is 5.32 Å². The minimum absolute atomic E-state index is 0.000578. The molecule has 2 amide bonds. The van der Waals surface area contributed by atoms with E-state index in [1.165, 1.54) is 12.8 Å². The summed E-state index contributed by atoms with van der Waals surface area (Å²) in [5, 5.41) is 3.80. The predicted octanol–water partition coefficient (Wildman–Crippen LogP) is 3.99. The van der Waals surface area contributed by atoms with Crippen molar-refractivity contribution in [2.24, 2.45) is 0 Å². The molecule has 1 aliphatic carbocycles. The van der Waals surface area contributed by atoms with E-state index in [1.54, 1.807) is 4.90 Å². The predicted molar refractivity (Wildman–Crippen MR) is 78.4 cm³/mol. The molecule has 0 bridgehead atoms. The van der Waals surface area contributed by atoms with E-state index in [1.807, 2.05) is 38.2 Å². The topological polar surface area (TPSA) is 32.3 Å². The Morgan fingerprint density at radius 2 is 2.11 bits per heavy atom. The number of carbonyl (C=O) groups excluding carboxylic acids is 1. The molecule has 1 aliphatic rings. The SMILES string of the molecule is CC(c1cccc(Cl)c1)N(C)C(=O)NC1CCCC1. The lowest BCUT2D eigenvalue weighted by Gasteiger charge is -2.27. The third-order valence-corrected chi connectivity index (χ3v) is 4.15. The van der Waals surface area contributed by atoms with Crippen molar-refractivity contribution in [1.29, 1.82) is 0 Å². The normalized spacial score (nSPS) is 17.2. The molecule has 104 valence electrons. The van der Waals surface area contributed by atoms with Gasteiger partial charge in [0, 0.05) is 18.1 Å². The molecule has 0 spiro atoms. The first-order valence-electron chi connectivity index (χ1n) is 6.86. The van der Waals surface area contributed by atoms with Crippen LogP contribution in [0.1, 0.15) is 44.2 Å². The Bertz CT molecular complexity index is 444. The van der Waals surface area contributed by atoms with Crippen LogP contribution >= 0.6 is 11.6 Å². The van der Waals surface area contributed by atoms with E-state index < -0.39 is 0 Å². The number of urea groups is 1. The zero-order valence-corrected chi connectivity index (χ0v) is 12.3. The average molecular weight is 281 g/mol. The first-order valence-corrected chi connectivity index (χ1v) is 7.24. The van der Waals surface area contributed by atoms with Gasteiger partial charge in [0.15, 0.2) is 0 Å². The molecule has 19 heavy (non-hydrogen) atoms. The van der Waals surface area contributed by atoms with Gasteiger partial charge in [-0.3, -0.25) is 0 Å². The van der Waals surface area contributed by atoms with Crippen molar-refractivity contribution < 1.29 is 4.79 Å². The minimum Gasteiger partial charge on any atom is -0.335 e. The highest BCUT2D eigenvalue weighted by molar-refractivity contribution is 6.30. The molecular formula is C15H21ClN2O. The number of amides is 2. The van der Waals surface area contributed by atoms with Crippen LogP contribution in [0.4, 0.5) is 4.79 Å². The highest BCUT2D eigenvalue weighted by Crippen LogP contribution is 2.23. The van der Waals surface area contributed by atoms with Gasteiger partial charge < -0.3 is 10.2 Å². The quantitative estimate of drug-likeness (QED) is 0.892. The van der Waals surface area contributed by atoms with Crippen LogP contribution in [-0.4, -0.2) is 24.0 Å². The third kappa shape index (κ3) is 3.63. The Morgan fingerprint density at radius 1 is 1.42 bits per heavy atom. The smallest absolute Gasteiger partial charge is 0.317 e.